The van der Waals surface area contributed by atoms with Crippen molar-refractivity contribution < 1.29 is 27.7 Å². The quantitative estimate of drug-likeness (QED) is 0.437. The summed E-state index contributed by atoms with van der Waals surface area (Å²) in [6.07, 6.45) is -0.956. The first kappa shape index (κ1) is 22.9. The number of amides is 2. The monoisotopic (exact) mass is 481 g/mol. The van der Waals surface area contributed by atoms with Gasteiger partial charge in [0.25, 0.3) is 11.6 Å². The van der Waals surface area contributed by atoms with Crippen LogP contribution in [0.25, 0.3) is 0 Å². The molecule has 1 atom stereocenters. The Morgan fingerprint density at radius 3 is 2.18 bits per heavy atom. The number of benzene rings is 3. The largest absolute Gasteiger partial charge is 0.476 e. The maximum atomic E-state index is 12.8. The number of hydrogen-bond acceptors (Lipinski definition) is 7. The lowest BCUT2D eigenvalue weighted by atomic mass is 10.1. The minimum Gasteiger partial charge on any atom is -0.476 e. The Morgan fingerprint density at radius 2 is 1.59 bits per heavy atom. The van der Waals surface area contributed by atoms with Crippen LogP contribution in [0.5, 0.6) is 5.75 Å². The molecule has 1 aliphatic heterocycles. The number of sulfone groups is 1. The molecule has 0 bridgehead atoms. The van der Waals surface area contributed by atoms with Gasteiger partial charge in [-0.05, 0) is 48.5 Å². The molecule has 1 heterocycles. The van der Waals surface area contributed by atoms with E-state index in [9.17, 15) is 28.1 Å². The average molecular weight is 481 g/mol. The highest BCUT2D eigenvalue weighted by molar-refractivity contribution is 7.91. The second kappa shape index (κ2) is 8.94. The first-order valence-electron chi connectivity index (χ1n) is 10.1. The molecule has 0 spiro atoms. The summed E-state index contributed by atoms with van der Waals surface area (Å²) in [7, 11) is -3.90. The second-order valence-electron chi connectivity index (χ2n) is 7.47. The van der Waals surface area contributed by atoms with Crippen molar-refractivity contribution in [2.75, 3.05) is 16.8 Å². The van der Waals surface area contributed by atoms with E-state index in [1.54, 1.807) is 24.3 Å². The Hall–Kier alpha value is -4.25. The first-order chi connectivity index (χ1) is 16.2. The molecule has 174 valence electrons. The fourth-order valence-corrected chi connectivity index (χ4v) is 4.75. The van der Waals surface area contributed by atoms with Crippen molar-refractivity contribution in [2.45, 2.75) is 22.8 Å². The summed E-state index contributed by atoms with van der Waals surface area (Å²) < 4.78 is 31.4. The molecule has 0 saturated carbocycles. The van der Waals surface area contributed by atoms with E-state index in [2.05, 4.69) is 5.32 Å². The van der Waals surface area contributed by atoms with Crippen molar-refractivity contribution in [3.63, 3.8) is 0 Å². The molecule has 1 N–H and O–H groups in total. The van der Waals surface area contributed by atoms with Crippen LogP contribution in [-0.2, 0) is 19.4 Å². The van der Waals surface area contributed by atoms with Gasteiger partial charge in [0.1, 0.15) is 5.75 Å². The number of carbonyl (C=O) groups is 2. The zero-order valence-corrected chi connectivity index (χ0v) is 18.7. The summed E-state index contributed by atoms with van der Waals surface area (Å²) in [5.41, 5.74) is 0.706. The van der Waals surface area contributed by atoms with E-state index in [1.165, 1.54) is 48.2 Å². The minimum atomic E-state index is -3.90. The van der Waals surface area contributed by atoms with E-state index in [1.807, 2.05) is 0 Å². The number of anilines is 2. The molecular formula is C23H19N3O7S. The fraction of sp³-hybridized carbons (Fsp3) is 0.130. The molecule has 3 aromatic rings. The molecule has 0 saturated heterocycles. The predicted molar refractivity (Wildman–Crippen MR) is 123 cm³/mol. The third-order valence-electron chi connectivity index (χ3n) is 5.24. The predicted octanol–water partition coefficient (Wildman–Crippen LogP) is 3.18. The number of rotatable bonds is 5. The molecule has 4 rings (SSSR count). The third kappa shape index (κ3) is 4.46. The van der Waals surface area contributed by atoms with Crippen LogP contribution in [0.15, 0.2) is 82.6 Å². The molecule has 0 fully saturated rings. The zero-order valence-electron chi connectivity index (χ0n) is 17.9. The molecule has 10 nitrogen and oxygen atoms in total. The number of non-ortho nitro benzene ring substituents is 1. The molecule has 11 heteroatoms. The van der Waals surface area contributed by atoms with Crippen molar-refractivity contribution >= 4 is 38.7 Å². The van der Waals surface area contributed by atoms with Crippen LogP contribution in [0.3, 0.4) is 0 Å². The molecule has 0 aromatic heterocycles. The second-order valence-corrected chi connectivity index (χ2v) is 9.42. The van der Waals surface area contributed by atoms with Gasteiger partial charge in [0.05, 0.1) is 26.9 Å². The van der Waals surface area contributed by atoms with E-state index >= 15 is 0 Å². The van der Waals surface area contributed by atoms with E-state index in [4.69, 9.17) is 4.74 Å². The topological polar surface area (TPSA) is 136 Å². The number of fused-ring (bicyclic) bond motifs is 1. The minimum absolute atomic E-state index is 0.0325. The van der Waals surface area contributed by atoms with E-state index < -0.39 is 26.8 Å². The standard InChI is InChI=1S/C23H19N3O7S/c1-15(27)25-14-22(33-21-5-3-2-4-20(21)25)23(28)24-16-6-10-18(11-7-16)34(31,32)19-12-8-17(9-13-19)26(29)30/h2-13,22H,14H2,1H3,(H,24,28)/t22-/m1/s1. The number of para-hydroxylation sites is 2. The Balaban J connectivity index is 1.49. The molecule has 0 aliphatic carbocycles. The first-order valence-corrected chi connectivity index (χ1v) is 11.6. The van der Waals surface area contributed by atoms with Gasteiger partial charge in [-0.1, -0.05) is 12.1 Å². The van der Waals surface area contributed by atoms with Crippen LogP contribution in [0.2, 0.25) is 0 Å². The lowest BCUT2D eigenvalue weighted by Crippen LogP contribution is -2.48. The molecule has 1 aliphatic rings. The lowest BCUT2D eigenvalue weighted by Gasteiger charge is -2.33. The summed E-state index contributed by atoms with van der Waals surface area (Å²) >= 11 is 0. The molecule has 0 radical (unpaired) electrons. The van der Waals surface area contributed by atoms with Crippen molar-refractivity contribution in [3.8, 4) is 5.75 Å². The summed E-state index contributed by atoms with van der Waals surface area (Å²) in [4.78, 5) is 36.3. The highest BCUT2D eigenvalue weighted by atomic mass is 32.2. The Morgan fingerprint density at radius 1 is 1.00 bits per heavy atom. The van der Waals surface area contributed by atoms with E-state index in [0.29, 0.717) is 17.1 Å². The van der Waals surface area contributed by atoms with Gasteiger partial charge in [-0.2, -0.15) is 0 Å². The summed E-state index contributed by atoms with van der Waals surface area (Å²) in [6, 6.07) is 17.0. The van der Waals surface area contributed by atoms with E-state index in [0.717, 1.165) is 12.1 Å². The Labute approximate surface area is 194 Å². The van der Waals surface area contributed by atoms with E-state index in [-0.39, 0.29) is 27.9 Å². The molecule has 0 unspecified atom stereocenters. The molecular weight excluding hydrogens is 462 g/mol. The number of carbonyl (C=O) groups excluding carboxylic acids is 2. The van der Waals surface area contributed by atoms with Gasteiger partial charge in [-0.25, -0.2) is 8.42 Å². The maximum absolute atomic E-state index is 12.8. The lowest BCUT2D eigenvalue weighted by molar-refractivity contribution is -0.384. The van der Waals surface area contributed by atoms with Gasteiger partial charge in [0, 0.05) is 24.7 Å². The number of nitro benzene ring substituents is 1. The Bertz CT molecular complexity index is 1370. The van der Waals surface area contributed by atoms with Crippen LogP contribution in [-0.4, -0.2) is 37.8 Å². The van der Waals surface area contributed by atoms with Gasteiger partial charge in [0.2, 0.25) is 15.7 Å². The average Bonchev–Trinajstić information content (AvgIpc) is 2.83. The number of hydrogen-bond donors (Lipinski definition) is 1. The zero-order chi connectivity index (χ0) is 24.5. The normalized spacial score (nSPS) is 15.1. The molecule has 34 heavy (non-hydrogen) atoms. The number of nitro groups is 1. The number of ether oxygens (including phenoxy) is 1. The van der Waals surface area contributed by atoms with Crippen molar-refractivity contribution in [3.05, 3.63) is 82.9 Å². The van der Waals surface area contributed by atoms with Crippen LogP contribution in [0.1, 0.15) is 6.92 Å². The molecule has 3 aromatic carbocycles. The number of nitrogens with one attached hydrogen (secondary N) is 1. The maximum Gasteiger partial charge on any atom is 0.269 e. The third-order valence-corrected chi connectivity index (χ3v) is 7.02. The van der Waals surface area contributed by atoms with Crippen molar-refractivity contribution in [1.29, 1.82) is 0 Å². The van der Waals surface area contributed by atoms with Gasteiger partial charge >= 0.3 is 0 Å². The summed E-state index contributed by atoms with van der Waals surface area (Å²) in [6.45, 7) is 1.44. The highest BCUT2D eigenvalue weighted by Gasteiger charge is 2.32. The summed E-state index contributed by atoms with van der Waals surface area (Å²) in [5.74, 6) is -0.310. The van der Waals surface area contributed by atoms with Gasteiger partial charge < -0.3 is 15.0 Å². The highest BCUT2D eigenvalue weighted by Crippen LogP contribution is 2.33. The smallest absolute Gasteiger partial charge is 0.269 e. The fourth-order valence-electron chi connectivity index (χ4n) is 3.49. The summed E-state index contributed by atoms with van der Waals surface area (Å²) in [5, 5.41) is 13.4. The molecule has 2 amide bonds. The van der Waals surface area contributed by atoms with Crippen molar-refractivity contribution in [1.82, 2.24) is 0 Å². The SMILES string of the molecule is CC(=O)N1C[C@H](C(=O)Nc2ccc(S(=O)(=O)c3ccc([N+](=O)[O-])cc3)cc2)Oc2ccccc21. The van der Waals surface area contributed by atoms with Crippen LogP contribution in [0, 0.1) is 10.1 Å². The van der Waals surface area contributed by atoms with Crippen LogP contribution in [0.4, 0.5) is 17.1 Å². The van der Waals surface area contributed by atoms with Gasteiger partial charge in [-0.3, -0.25) is 19.7 Å². The van der Waals surface area contributed by atoms with Gasteiger partial charge in [-0.15, -0.1) is 0 Å². The van der Waals surface area contributed by atoms with Crippen LogP contribution < -0.4 is 15.0 Å². The Kier molecular flexibility index (Phi) is 6.03. The number of nitrogens with zero attached hydrogens (tertiary/aromatic N) is 2. The van der Waals surface area contributed by atoms with Crippen LogP contribution >= 0.6 is 0 Å². The van der Waals surface area contributed by atoms with Crippen molar-refractivity contribution in [2.24, 2.45) is 0 Å². The van der Waals surface area contributed by atoms with Gasteiger partial charge in [0.15, 0.2) is 6.10 Å².